The number of carbonyl (C=O) groups excluding carboxylic acids is 1. The number of carboxylic acid groups (broad SMARTS) is 1. The summed E-state index contributed by atoms with van der Waals surface area (Å²) in [5, 5.41) is 11.1. The van der Waals surface area contributed by atoms with E-state index >= 15 is 0 Å². The molecule has 0 spiro atoms. The predicted octanol–water partition coefficient (Wildman–Crippen LogP) is 2.07. The molecular weight excluding hydrogens is 249 g/mol. The van der Waals surface area contributed by atoms with Crippen molar-refractivity contribution in [2.75, 3.05) is 0 Å². The van der Waals surface area contributed by atoms with E-state index in [1.165, 1.54) is 12.1 Å². The molecule has 92 valence electrons. The second-order valence-corrected chi connectivity index (χ2v) is 3.83. The summed E-state index contributed by atoms with van der Waals surface area (Å²) >= 11 is 5.54. The Morgan fingerprint density at radius 1 is 1.53 bits per heavy atom. The van der Waals surface area contributed by atoms with Gasteiger partial charge in [0.05, 0.1) is 5.56 Å². The molecule has 2 N–H and O–H groups in total. The summed E-state index contributed by atoms with van der Waals surface area (Å²) in [4.78, 5) is 22.3. The third-order valence-corrected chi connectivity index (χ3v) is 2.42. The van der Waals surface area contributed by atoms with Crippen molar-refractivity contribution in [2.45, 2.75) is 19.4 Å². The first-order valence-electron chi connectivity index (χ1n) is 4.94. The van der Waals surface area contributed by atoms with Gasteiger partial charge in [0, 0.05) is 5.02 Å². The van der Waals surface area contributed by atoms with E-state index in [0.717, 1.165) is 6.07 Å². The van der Waals surface area contributed by atoms with Crippen LogP contribution in [-0.2, 0) is 4.79 Å². The molecule has 0 fully saturated rings. The zero-order valence-corrected chi connectivity index (χ0v) is 9.79. The monoisotopic (exact) mass is 259 g/mol. The van der Waals surface area contributed by atoms with Crippen LogP contribution in [0, 0.1) is 5.82 Å². The van der Waals surface area contributed by atoms with Crippen LogP contribution in [0.25, 0.3) is 0 Å². The topological polar surface area (TPSA) is 66.4 Å². The fourth-order valence-electron chi connectivity index (χ4n) is 1.25. The molecule has 1 atom stereocenters. The van der Waals surface area contributed by atoms with Crippen molar-refractivity contribution in [1.29, 1.82) is 0 Å². The van der Waals surface area contributed by atoms with Crippen molar-refractivity contribution in [1.82, 2.24) is 5.32 Å². The van der Waals surface area contributed by atoms with Crippen molar-refractivity contribution in [3.63, 3.8) is 0 Å². The molecule has 1 aromatic carbocycles. The third-order valence-electron chi connectivity index (χ3n) is 2.19. The molecule has 0 aliphatic heterocycles. The molecule has 0 heterocycles. The molecule has 0 aliphatic rings. The molecule has 1 amide bonds. The average molecular weight is 260 g/mol. The van der Waals surface area contributed by atoms with E-state index in [1.807, 2.05) is 0 Å². The first kappa shape index (κ1) is 13.4. The van der Waals surface area contributed by atoms with Gasteiger partial charge in [-0.05, 0) is 24.6 Å². The molecule has 0 bridgehead atoms. The van der Waals surface area contributed by atoms with Gasteiger partial charge in [-0.25, -0.2) is 9.18 Å². The molecule has 0 saturated carbocycles. The zero-order valence-electron chi connectivity index (χ0n) is 9.04. The molecule has 4 nitrogen and oxygen atoms in total. The van der Waals surface area contributed by atoms with Crippen LogP contribution in [0.3, 0.4) is 0 Å². The average Bonchev–Trinajstić information content (AvgIpc) is 2.24. The van der Waals surface area contributed by atoms with E-state index in [9.17, 15) is 14.0 Å². The van der Waals surface area contributed by atoms with Crippen LogP contribution < -0.4 is 5.32 Å². The van der Waals surface area contributed by atoms with Crippen LogP contribution in [0.15, 0.2) is 18.2 Å². The number of carboxylic acids is 1. The first-order valence-corrected chi connectivity index (χ1v) is 5.32. The van der Waals surface area contributed by atoms with Crippen molar-refractivity contribution in [3.05, 3.63) is 34.6 Å². The van der Waals surface area contributed by atoms with Crippen LogP contribution in [0.1, 0.15) is 23.7 Å². The molecule has 0 aliphatic carbocycles. The molecular formula is C11H11ClFNO3. The maximum atomic E-state index is 13.4. The van der Waals surface area contributed by atoms with Gasteiger partial charge in [0.15, 0.2) is 0 Å². The molecule has 0 saturated heterocycles. The highest BCUT2D eigenvalue weighted by molar-refractivity contribution is 6.30. The molecule has 6 heteroatoms. The predicted molar refractivity (Wildman–Crippen MR) is 60.6 cm³/mol. The smallest absolute Gasteiger partial charge is 0.326 e. The lowest BCUT2D eigenvalue weighted by atomic mass is 10.1. The van der Waals surface area contributed by atoms with Crippen molar-refractivity contribution in [2.24, 2.45) is 0 Å². The van der Waals surface area contributed by atoms with Crippen LogP contribution >= 0.6 is 11.6 Å². The Kier molecular flexibility index (Phi) is 4.45. The number of carbonyl (C=O) groups is 2. The molecule has 0 radical (unpaired) electrons. The SMILES string of the molecule is CC[C@H](NC(=O)c1ccc(Cl)cc1F)C(=O)O. The van der Waals surface area contributed by atoms with E-state index < -0.39 is 23.7 Å². The quantitative estimate of drug-likeness (QED) is 0.870. The van der Waals surface area contributed by atoms with Gasteiger partial charge in [-0.1, -0.05) is 18.5 Å². The highest BCUT2D eigenvalue weighted by atomic mass is 35.5. The third kappa shape index (κ3) is 3.42. The Labute approximate surface area is 102 Å². The van der Waals surface area contributed by atoms with E-state index in [2.05, 4.69) is 5.32 Å². The van der Waals surface area contributed by atoms with Gasteiger partial charge < -0.3 is 10.4 Å². The Balaban J connectivity index is 2.86. The first-order chi connectivity index (χ1) is 7.95. The number of aliphatic carboxylic acids is 1. The number of amides is 1. The lowest BCUT2D eigenvalue weighted by Crippen LogP contribution is -2.40. The summed E-state index contributed by atoms with van der Waals surface area (Å²) in [7, 11) is 0. The van der Waals surface area contributed by atoms with Gasteiger partial charge in [-0.15, -0.1) is 0 Å². The van der Waals surface area contributed by atoms with Crippen LogP contribution in [0.5, 0.6) is 0 Å². The number of rotatable bonds is 4. The molecule has 1 aromatic rings. The minimum absolute atomic E-state index is 0.171. The van der Waals surface area contributed by atoms with E-state index in [1.54, 1.807) is 6.92 Å². The zero-order chi connectivity index (χ0) is 13.0. The largest absolute Gasteiger partial charge is 0.480 e. The van der Waals surface area contributed by atoms with Crippen LogP contribution in [-0.4, -0.2) is 23.0 Å². The maximum Gasteiger partial charge on any atom is 0.326 e. The van der Waals surface area contributed by atoms with Crippen molar-refractivity contribution in [3.8, 4) is 0 Å². The number of hydrogen-bond donors (Lipinski definition) is 2. The second-order valence-electron chi connectivity index (χ2n) is 3.40. The second kappa shape index (κ2) is 5.63. The molecule has 0 aromatic heterocycles. The van der Waals surface area contributed by atoms with Crippen molar-refractivity contribution >= 4 is 23.5 Å². The molecule has 1 rings (SSSR count). The minimum atomic E-state index is -1.16. The Hall–Kier alpha value is -1.62. The van der Waals surface area contributed by atoms with Gasteiger partial charge in [-0.2, -0.15) is 0 Å². The Morgan fingerprint density at radius 2 is 2.18 bits per heavy atom. The van der Waals surface area contributed by atoms with Gasteiger partial charge in [0.1, 0.15) is 11.9 Å². The lowest BCUT2D eigenvalue weighted by Gasteiger charge is -2.12. The van der Waals surface area contributed by atoms with E-state index in [0.29, 0.717) is 0 Å². The van der Waals surface area contributed by atoms with Crippen LogP contribution in [0.2, 0.25) is 5.02 Å². The molecule has 17 heavy (non-hydrogen) atoms. The summed E-state index contributed by atoms with van der Waals surface area (Å²) < 4.78 is 13.4. The summed E-state index contributed by atoms with van der Waals surface area (Å²) in [5.41, 5.74) is -0.228. The number of benzene rings is 1. The molecule has 0 unspecified atom stereocenters. The number of nitrogens with one attached hydrogen (secondary N) is 1. The summed E-state index contributed by atoms with van der Waals surface area (Å²) in [5.74, 6) is -2.71. The van der Waals surface area contributed by atoms with E-state index in [4.69, 9.17) is 16.7 Å². The van der Waals surface area contributed by atoms with E-state index in [-0.39, 0.29) is 17.0 Å². The number of halogens is 2. The van der Waals surface area contributed by atoms with Gasteiger partial charge in [0.25, 0.3) is 5.91 Å². The van der Waals surface area contributed by atoms with Gasteiger partial charge in [-0.3, -0.25) is 4.79 Å². The summed E-state index contributed by atoms with van der Waals surface area (Å²) in [6.07, 6.45) is 0.219. The Morgan fingerprint density at radius 3 is 2.65 bits per heavy atom. The normalized spacial score (nSPS) is 11.9. The Bertz CT molecular complexity index is 450. The minimum Gasteiger partial charge on any atom is -0.480 e. The van der Waals surface area contributed by atoms with Crippen molar-refractivity contribution < 1.29 is 19.1 Å². The van der Waals surface area contributed by atoms with Gasteiger partial charge in [0.2, 0.25) is 0 Å². The summed E-state index contributed by atoms with van der Waals surface area (Å²) in [6, 6.07) is 2.54. The highest BCUT2D eigenvalue weighted by Crippen LogP contribution is 2.14. The van der Waals surface area contributed by atoms with Gasteiger partial charge >= 0.3 is 5.97 Å². The number of hydrogen-bond acceptors (Lipinski definition) is 2. The fourth-order valence-corrected chi connectivity index (χ4v) is 1.41. The highest BCUT2D eigenvalue weighted by Gasteiger charge is 2.20. The van der Waals surface area contributed by atoms with Crippen LogP contribution in [0.4, 0.5) is 4.39 Å². The fraction of sp³-hybridized carbons (Fsp3) is 0.273. The lowest BCUT2D eigenvalue weighted by molar-refractivity contribution is -0.139. The standard InChI is InChI=1S/C11H11ClFNO3/c1-2-9(11(16)17)14-10(15)7-4-3-6(12)5-8(7)13/h3-5,9H,2H2,1H3,(H,14,15)(H,16,17)/t9-/m0/s1. The maximum absolute atomic E-state index is 13.4. The summed E-state index contributed by atoms with van der Waals surface area (Å²) in [6.45, 7) is 1.61.